The molecule has 1 aliphatic heterocycles. The third kappa shape index (κ3) is 3.58. The van der Waals surface area contributed by atoms with Crippen molar-refractivity contribution in [3.05, 3.63) is 0 Å². The van der Waals surface area contributed by atoms with E-state index in [1.54, 1.807) is 0 Å². The van der Waals surface area contributed by atoms with Crippen LogP contribution < -0.4 is 11.1 Å². The molecule has 0 bridgehead atoms. The van der Waals surface area contributed by atoms with Gasteiger partial charge in [0.25, 0.3) is 0 Å². The van der Waals surface area contributed by atoms with Gasteiger partial charge in [0.15, 0.2) is 0 Å². The smallest absolute Gasteiger partial charge is 0.00461 e. The van der Waals surface area contributed by atoms with Gasteiger partial charge >= 0.3 is 0 Å². The van der Waals surface area contributed by atoms with Crippen LogP contribution in [0.25, 0.3) is 0 Å². The van der Waals surface area contributed by atoms with E-state index in [0.717, 1.165) is 24.3 Å². The van der Waals surface area contributed by atoms with E-state index >= 15 is 0 Å². The lowest BCUT2D eigenvalue weighted by molar-refractivity contribution is 0.226. The standard InChI is InChI=1S/C12H26N2/c1-3-10(2)8-12(9-13)11-4-6-14-7-5-11/h10-12,14H,3-9,13H2,1-2H3/t10-,12-/m0/s1. The number of nitrogens with one attached hydrogen (secondary N) is 1. The van der Waals surface area contributed by atoms with Gasteiger partial charge in [-0.2, -0.15) is 0 Å². The van der Waals surface area contributed by atoms with Crippen molar-refractivity contribution in [2.24, 2.45) is 23.5 Å². The van der Waals surface area contributed by atoms with Gasteiger partial charge in [-0.05, 0) is 56.7 Å². The Morgan fingerprint density at radius 3 is 2.50 bits per heavy atom. The van der Waals surface area contributed by atoms with Crippen LogP contribution in [0.15, 0.2) is 0 Å². The topological polar surface area (TPSA) is 38.0 Å². The molecule has 0 saturated carbocycles. The molecule has 0 unspecified atom stereocenters. The first-order valence-electron chi connectivity index (χ1n) is 6.18. The van der Waals surface area contributed by atoms with Crippen molar-refractivity contribution < 1.29 is 0 Å². The molecule has 0 amide bonds. The lowest BCUT2D eigenvalue weighted by atomic mass is 9.79. The summed E-state index contributed by atoms with van der Waals surface area (Å²) in [6.45, 7) is 7.91. The second kappa shape index (κ2) is 6.41. The molecule has 1 fully saturated rings. The molecule has 0 aliphatic carbocycles. The molecule has 2 atom stereocenters. The van der Waals surface area contributed by atoms with E-state index in [0.29, 0.717) is 0 Å². The second-order valence-corrected chi connectivity index (χ2v) is 4.83. The molecule has 0 aromatic heterocycles. The van der Waals surface area contributed by atoms with E-state index in [2.05, 4.69) is 19.2 Å². The Kier molecular flexibility index (Phi) is 5.49. The third-order valence-electron chi connectivity index (χ3n) is 3.76. The Morgan fingerprint density at radius 1 is 1.36 bits per heavy atom. The molecule has 1 rings (SSSR count). The first-order valence-corrected chi connectivity index (χ1v) is 6.18. The fourth-order valence-electron chi connectivity index (χ4n) is 2.48. The van der Waals surface area contributed by atoms with Gasteiger partial charge in [0, 0.05) is 0 Å². The molecule has 1 saturated heterocycles. The molecule has 1 heterocycles. The summed E-state index contributed by atoms with van der Waals surface area (Å²) in [7, 11) is 0. The highest BCUT2D eigenvalue weighted by Gasteiger charge is 2.23. The Morgan fingerprint density at radius 2 is 2.00 bits per heavy atom. The number of rotatable bonds is 5. The van der Waals surface area contributed by atoms with Crippen LogP contribution in [0.2, 0.25) is 0 Å². The Hall–Kier alpha value is -0.0800. The molecule has 3 N–H and O–H groups in total. The van der Waals surface area contributed by atoms with Gasteiger partial charge in [-0.1, -0.05) is 20.3 Å². The van der Waals surface area contributed by atoms with Gasteiger partial charge in [-0.25, -0.2) is 0 Å². The molecular formula is C12H26N2. The largest absolute Gasteiger partial charge is 0.330 e. The molecule has 2 nitrogen and oxygen atoms in total. The third-order valence-corrected chi connectivity index (χ3v) is 3.76. The molecule has 2 heteroatoms. The van der Waals surface area contributed by atoms with Gasteiger partial charge in [-0.3, -0.25) is 0 Å². The van der Waals surface area contributed by atoms with E-state index in [-0.39, 0.29) is 0 Å². The summed E-state index contributed by atoms with van der Waals surface area (Å²) >= 11 is 0. The molecule has 14 heavy (non-hydrogen) atoms. The minimum atomic E-state index is 0.770. The van der Waals surface area contributed by atoms with Crippen LogP contribution in [0.1, 0.15) is 39.5 Å². The van der Waals surface area contributed by atoms with E-state index < -0.39 is 0 Å². The van der Waals surface area contributed by atoms with E-state index in [1.165, 1.54) is 38.8 Å². The highest BCUT2D eigenvalue weighted by atomic mass is 14.9. The minimum absolute atomic E-state index is 0.770. The van der Waals surface area contributed by atoms with Crippen molar-refractivity contribution in [1.82, 2.24) is 5.32 Å². The van der Waals surface area contributed by atoms with Gasteiger partial charge in [0.2, 0.25) is 0 Å². The predicted molar refractivity (Wildman–Crippen MR) is 62.2 cm³/mol. The van der Waals surface area contributed by atoms with Crippen molar-refractivity contribution in [3.8, 4) is 0 Å². The summed E-state index contributed by atoms with van der Waals surface area (Å²) in [5.74, 6) is 2.50. The summed E-state index contributed by atoms with van der Waals surface area (Å²) < 4.78 is 0. The quantitative estimate of drug-likeness (QED) is 0.709. The van der Waals surface area contributed by atoms with Crippen LogP contribution in [0.3, 0.4) is 0 Å². The number of hydrogen-bond donors (Lipinski definition) is 2. The zero-order valence-electron chi connectivity index (χ0n) is 9.76. The lowest BCUT2D eigenvalue weighted by Gasteiger charge is -2.31. The second-order valence-electron chi connectivity index (χ2n) is 4.83. The maximum atomic E-state index is 5.89. The van der Waals surface area contributed by atoms with Gasteiger partial charge < -0.3 is 11.1 Å². The highest BCUT2D eigenvalue weighted by Crippen LogP contribution is 2.27. The first kappa shape index (κ1) is 12.0. The molecule has 1 aliphatic rings. The van der Waals surface area contributed by atoms with Crippen LogP contribution in [-0.4, -0.2) is 19.6 Å². The molecule has 84 valence electrons. The Balaban J connectivity index is 2.35. The summed E-state index contributed by atoms with van der Waals surface area (Å²) in [4.78, 5) is 0. The Bertz CT molecular complexity index is 141. The number of hydrogen-bond acceptors (Lipinski definition) is 2. The minimum Gasteiger partial charge on any atom is -0.330 e. The molecule has 0 spiro atoms. The van der Waals surface area contributed by atoms with Crippen LogP contribution in [0.4, 0.5) is 0 Å². The maximum absolute atomic E-state index is 5.89. The first-order chi connectivity index (χ1) is 6.77. The van der Waals surface area contributed by atoms with E-state index in [4.69, 9.17) is 5.73 Å². The molecule has 0 aromatic rings. The van der Waals surface area contributed by atoms with Gasteiger partial charge in [0.1, 0.15) is 0 Å². The van der Waals surface area contributed by atoms with Crippen LogP contribution in [0, 0.1) is 17.8 Å². The molecule has 0 aromatic carbocycles. The van der Waals surface area contributed by atoms with Gasteiger partial charge in [-0.15, -0.1) is 0 Å². The zero-order valence-corrected chi connectivity index (χ0v) is 9.76. The normalized spacial score (nSPS) is 23.4. The van der Waals surface area contributed by atoms with Crippen LogP contribution in [-0.2, 0) is 0 Å². The monoisotopic (exact) mass is 198 g/mol. The average Bonchev–Trinajstić information content (AvgIpc) is 2.26. The van der Waals surface area contributed by atoms with Crippen LogP contribution in [0.5, 0.6) is 0 Å². The lowest BCUT2D eigenvalue weighted by Crippen LogP contribution is -2.35. The number of nitrogens with two attached hydrogens (primary N) is 1. The van der Waals surface area contributed by atoms with Crippen molar-refractivity contribution in [1.29, 1.82) is 0 Å². The van der Waals surface area contributed by atoms with Gasteiger partial charge in [0.05, 0.1) is 0 Å². The van der Waals surface area contributed by atoms with Crippen molar-refractivity contribution in [2.45, 2.75) is 39.5 Å². The maximum Gasteiger partial charge on any atom is -0.00461 e. The summed E-state index contributed by atoms with van der Waals surface area (Å²) in [6.07, 6.45) is 5.29. The summed E-state index contributed by atoms with van der Waals surface area (Å²) in [5.41, 5.74) is 5.89. The highest BCUT2D eigenvalue weighted by molar-refractivity contribution is 4.77. The van der Waals surface area contributed by atoms with Crippen LogP contribution >= 0.6 is 0 Å². The fraction of sp³-hybridized carbons (Fsp3) is 1.00. The van der Waals surface area contributed by atoms with E-state index in [1.807, 2.05) is 0 Å². The van der Waals surface area contributed by atoms with E-state index in [9.17, 15) is 0 Å². The molecule has 0 radical (unpaired) electrons. The fourth-order valence-corrected chi connectivity index (χ4v) is 2.48. The molecular weight excluding hydrogens is 172 g/mol. The van der Waals surface area contributed by atoms with Crippen molar-refractivity contribution in [2.75, 3.05) is 19.6 Å². The predicted octanol–water partition coefficient (Wildman–Crippen LogP) is 2.00. The zero-order chi connectivity index (χ0) is 10.4. The average molecular weight is 198 g/mol. The number of piperidine rings is 1. The van der Waals surface area contributed by atoms with Crippen molar-refractivity contribution >= 4 is 0 Å². The Labute approximate surface area is 88.6 Å². The van der Waals surface area contributed by atoms with Crippen molar-refractivity contribution in [3.63, 3.8) is 0 Å². The summed E-state index contributed by atoms with van der Waals surface area (Å²) in [5, 5.41) is 3.42. The SMILES string of the molecule is CC[C@H](C)C[C@@H](CN)C1CCNCC1. The summed E-state index contributed by atoms with van der Waals surface area (Å²) in [6, 6.07) is 0.